The van der Waals surface area contributed by atoms with Crippen LogP contribution in [0, 0.1) is 5.92 Å². The van der Waals surface area contributed by atoms with Crippen LogP contribution in [0.25, 0.3) is 10.3 Å². The van der Waals surface area contributed by atoms with Crippen LogP contribution >= 0.6 is 11.3 Å². The molecule has 0 aliphatic carbocycles. The molecule has 4 rings (SSSR count). The Morgan fingerprint density at radius 2 is 2.06 bits per heavy atom. The van der Waals surface area contributed by atoms with Crippen molar-refractivity contribution in [2.45, 2.75) is 63.9 Å². The summed E-state index contributed by atoms with van der Waals surface area (Å²) in [7, 11) is 0. The van der Waals surface area contributed by atoms with E-state index in [-0.39, 0.29) is 11.8 Å². The van der Waals surface area contributed by atoms with Gasteiger partial charge in [0.25, 0.3) is 5.91 Å². The molecule has 2 aromatic heterocycles. The number of thiazole rings is 1. The number of para-hydroxylation sites is 1. The zero-order chi connectivity index (χ0) is 24.8. The maximum atomic E-state index is 12.7. The van der Waals surface area contributed by atoms with Gasteiger partial charge in [0.15, 0.2) is 5.01 Å². The van der Waals surface area contributed by atoms with Crippen molar-refractivity contribution in [1.29, 1.82) is 0 Å². The summed E-state index contributed by atoms with van der Waals surface area (Å²) < 4.78 is 0. The van der Waals surface area contributed by atoms with Gasteiger partial charge in [0.2, 0.25) is 0 Å². The molecule has 35 heavy (non-hydrogen) atoms. The fourth-order valence-corrected chi connectivity index (χ4v) is 5.69. The van der Waals surface area contributed by atoms with Gasteiger partial charge in [0.05, 0.1) is 11.3 Å². The van der Waals surface area contributed by atoms with E-state index in [0.717, 1.165) is 60.5 Å². The fourth-order valence-electron chi connectivity index (χ4n) is 4.85. The summed E-state index contributed by atoms with van der Waals surface area (Å²) in [5, 5.41) is 17.3. The van der Waals surface area contributed by atoms with E-state index in [9.17, 15) is 9.90 Å². The Morgan fingerprint density at radius 3 is 2.80 bits per heavy atom. The minimum atomic E-state index is -0.791. The van der Waals surface area contributed by atoms with E-state index in [4.69, 9.17) is 5.73 Å². The second-order valence-electron chi connectivity index (χ2n) is 10.1. The molecule has 1 aromatic carbocycles. The molecule has 8 nitrogen and oxygen atoms in total. The summed E-state index contributed by atoms with van der Waals surface area (Å²) in [5.74, 6) is 0.517. The van der Waals surface area contributed by atoms with Gasteiger partial charge in [-0.15, -0.1) is 0 Å². The summed E-state index contributed by atoms with van der Waals surface area (Å²) >= 11 is 1.32. The molecule has 188 valence electrons. The predicted octanol–water partition coefficient (Wildman–Crippen LogP) is 3.67. The summed E-state index contributed by atoms with van der Waals surface area (Å²) in [5.41, 5.74) is 8.85. The number of hydrogen-bond donors (Lipinski definition) is 4. The van der Waals surface area contributed by atoms with E-state index < -0.39 is 5.60 Å². The first-order valence-electron chi connectivity index (χ1n) is 12.5. The molecule has 5 N–H and O–H groups in total. The summed E-state index contributed by atoms with van der Waals surface area (Å²) in [4.78, 5) is 26.9. The first-order valence-corrected chi connectivity index (χ1v) is 13.3. The number of rotatable bonds is 10. The molecule has 1 amide bonds. The summed E-state index contributed by atoms with van der Waals surface area (Å²) in [6.07, 6.45) is 6.77. The van der Waals surface area contributed by atoms with E-state index in [1.807, 2.05) is 38.1 Å². The zero-order valence-electron chi connectivity index (χ0n) is 20.6. The Hall–Kier alpha value is -2.62. The van der Waals surface area contributed by atoms with Gasteiger partial charge in [0.1, 0.15) is 16.7 Å². The number of aliphatic hydroxyl groups is 1. The molecule has 3 heterocycles. The van der Waals surface area contributed by atoms with Crippen molar-refractivity contribution in [2.75, 3.05) is 25.4 Å². The SMILES string of the molecule is CC(C)(O)CC(CCCc1ncnc2sc(C(=O)NCC3CCNCC3)nc12)c1ccccc1N. The average molecular weight is 497 g/mol. The van der Waals surface area contributed by atoms with Crippen LogP contribution in [0.2, 0.25) is 0 Å². The number of piperidine rings is 1. The third kappa shape index (κ3) is 6.96. The number of carbonyl (C=O) groups is 1. The van der Waals surface area contributed by atoms with Gasteiger partial charge >= 0.3 is 0 Å². The van der Waals surface area contributed by atoms with Crippen molar-refractivity contribution < 1.29 is 9.90 Å². The molecule has 1 saturated heterocycles. The van der Waals surface area contributed by atoms with Gasteiger partial charge in [-0.05, 0) is 88.9 Å². The van der Waals surface area contributed by atoms with Crippen LogP contribution in [0.3, 0.4) is 0 Å². The van der Waals surface area contributed by atoms with Crippen LogP contribution in [-0.2, 0) is 6.42 Å². The first kappa shape index (κ1) is 25.5. The van der Waals surface area contributed by atoms with Gasteiger partial charge in [0, 0.05) is 12.2 Å². The molecule has 1 fully saturated rings. The van der Waals surface area contributed by atoms with E-state index in [0.29, 0.717) is 35.8 Å². The van der Waals surface area contributed by atoms with Crippen molar-refractivity contribution in [1.82, 2.24) is 25.6 Å². The molecule has 1 aliphatic rings. The molecule has 9 heteroatoms. The highest BCUT2D eigenvalue weighted by molar-refractivity contribution is 7.19. The van der Waals surface area contributed by atoms with E-state index in [2.05, 4.69) is 25.6 Å². The van der Waals surface area contributed by atoms with E-state index >= 15 is 0 Å². The smallest absolute Gasteiger partial charge is 0.280 e. The van der Waals surface area contributed by atoms with Gasteiger partial charge < -0.3 is 21.5 Å². The van der Waals surface area contributed by atoms with Crippen LogP contribution in [0.15, 0.2) is 30.6 Å². The van der Waals surface area contributed by atoms with Crippen molar-refractivity contribution in [2.24, 2.45) is 5.92 Å². The number of amides is 1. The number of hydrogen-bond acceptors (Lipinski definition) is 8. The van der Waals surface area contributed by atoms with E-state index in [1.165, 1.54) is 11.3 Å². The van der Waals surface area contributed by atoms with Crippen LogP contribution in [0.1, 0.15) is 72.9 Å². The number of benzene rings is 1. The number of aromatic nitrogens is 3. The average Bonchev–Trinajstić information content (AvgIpc) is 3.28. The number of fused-ring (bicyclic) bond motifs is 1. The number of anilines is 1. The maximum absolute atomic E-state index is 12.7. The van der Waals surface area contributed by atoms with Gasteiger partial charge in [-0.1, -0.05) is 29.5 Å². The lowest BCUT2D eigenvalue weighted by atomic mass is 9.83. The monoisotopic (exact) mass is 496 g/mol. The number of nitrogens with zero attached hydrogens (tertiary/aromatic N) is 3. The lowest BCUT2D eigenvalue weighted by Gasteiger charge is -2.26. The predicted molar refractivity (Wildman–Crippen MR) is 141 cm³/mol. The molecule has 0 radical (unpaired) electrons. The summed E-state index contributed by atoms with van der Waals surface area (Å²) in [6, 6.07) is 7.88. The normalized spacial score (nSPS) is 15.9. The highest BCUT2D eigenvalue weighted by atomic mass is 32.1. The Morgan fingerprint density at radius 1 is 1.29 bits per heavy atom. The number of nitrogens with two attached hydrogens (primary N) is 1. The second-order valence-corrected chi connectivity index (χ2v) is 11.1. The van der Waals surface area contributed by atoms with Crippen molar-refractivity contribution in [3.63, 3.8) is 0 Å². The topological polar surface area (TPSA) is 126 Å². The van der Waals surface area contributed by atoms with Crippen molar-refractivity contribution in [3.05, 3.63) is 46.9 Å². The Bertz CT molecular complexity index is 1140. The van der Waals surface area contributed by atoms with Gasteiger partial charge in [-0.3, -0.25) is 4.79 Å². The minimum absolute atomic E-state index is 0.137. The molecule has 0 spiro atoms. The molecule has 3 aromatic rings. The standard InChI is InChI=1S/C26H36N6O2S/c1-26(2,34)14-18(19-7-3-4-8-20(19)27)6-5-9-21-22-24(31-16-30-21)35-25(32-22)23(33)29-15-17-10-12-28-13-11-17/h3-4,7-8,16-18,28,34H,5-6,9-15,27H2,1-2H3,(H,29,33). The van der Waals surface area contributed by atoms with Crippen LogP contribution < -0.4 is 16.4 Å². The van der Waals surface area contributed by atoms with E-state index in [1.54, 1.807) is 6.33 Å². The minimum Gasteiger partial charge on any atom is -0.398 e. The second kappa shape index (κ2) is 11.4. The molecule has 1 aliphatic heterocycles. The number of nitrogen functional groups attached to an aromatic ring is 1. The molecule has 1 unspecified atom stereocenters. The first-order chi connectivity index (χ1) is 16.8. The highest BCUT2D eigenvalue weighted by Crippen LogP contribution is 2.34. The molecule has 0 saturated carbocycles. The van der Waals surface area contributed by atoms with Crippen LogP contribution in [-0.4, -0.2) is 51.2 Å². The lowest BCUT2D eigenvalue weighted by Crippen LogP contribution is -2.35. The maximum Gasteiger partial charge on any atom is 0.280 e. The fraction of sp³-hybridized carbons (Fsp3) is 0.538. The van der Waals surface area contributed by atoms with Gasteiger partial charge in [-0.25, -0.2) is 15.0 Å². The molecule has 0 bridgehead atoms. The number of carbonyl (C=O) groups excluding carboxylic acids is 1. The van der Waals surface area contributed by atoms with Crippen LogP contribution in [0.5, 0.6) is 0 Å². The van der Waals surface area contributed by atoms with Gasteiger partial charge in [-0.2, -0.15) is 0 Å². The van der Waals surface area contributed by atoms with Crippen molar-refractivity contribution >= 4 is 33.3 Å². The Balaban J connectivity index is 1.41. The highest BCUT2D eigenvalue weighted by Gasteiger charge is 2.24. The molecular weight excluding hydrogens is 460 g/mol. The number of aryl methyl sites for hydroxylation is 1. The van der Waals surface area contributed by atoms with Crippen LogP contribution in [0.4, 0.5) is 5.69 Å². The molecule has 1 atom stereocenters. The lowest BCUT2D eigenvalue weighted by molar-refractivity contribution is 0.0618. The van der Waals surface area contributed by atoms with Crippen molar-refractivity contribution in [3.8, 4) is 0 Å². The largest absolute Gasteiger partial charge is 0.398 e. The quantitative estimate of drug-likeness (QED) is 0.316. The molecular formula is C26H36N6O2S. The third-order valence-corrected chi connectivity index (χ3v) is 7.59. The Labute approximate surface area is 210 Å². The third-order valence-electron chi connectivity index (χ3n) is 6.62. The number of nitrogens with one attached hydrogen (secondary N) is 2. The Kier molecular flexibility index (Phi) is 8.30. The zero-order valence-corrected chi connectivity index (χ0v) is 21.4. The summed E-state index contributed by atoms with van der Waals surface area (Å²) in [6.45, 7) is 6.36.